The van der Waals surface area contributed by atoms with E-state index in [0.717, 1.165) is 11.3 Å². The molecule has 1 N–H and O–H groups in total. The van der Waals surface area contributed by atoms with Crippen LogP contribution in [-0.2, 0) is 4.74 Å². The number of rotatable bonds is 6. The first-order chi connectivity index (χ1) is 8.17. The minimum absolute atomic E-state index is 0.0906. The minimum atomic E-state index is -0.643. The molecular weight excluding hydrogens is 218 g/mol. The fraction of sp³-hybridized carbons (Fsp3) is 0.462. The van der Waals surface area contributed by atoms with Gasteiger partial charge in [0, 0.05) is 0 Å². The molecule has 0 aliphatic carbocycles. The Balaban J connectivity index is 2.68. The second-order valence-corrected chi connectivity index (χ2v) is 3.84. The van der Waals surface area contributed by atoms with E-state index in [2.05, 4.69) is 0 Å². The lowest BCUT2D eigenvalue weighted by molar-refractivity contribution is 0.0581. The predicted octanol–water partition coefficient (Wildman–Crippen LogP) is 2.05. The number of hydrogen-bond donors (Lipinski definition) is 1. The van der Waals surface area contributed by atoms with Gasteiger partial charge in [0.15, 0.2) is 6.10 Å². The minimum Gasteiger partial charge on any atom is -0.491 e. The average molecular weight is 235 g/mol. The molecule has 1 unspecified atom stereocenters. The van der Waals surface area contributed by atoms with Gasteiger partial charge in [-0.1, -0.05) is 12.1 Å². The lowest BCUT2D eigenvalue weighted by atomic mass is 10.1. The standard InChI is InChI=1S/C13H17NO3/c1-10(2)17-12-5-3-11(4-6-12)13(9-14)16-8-7-15/h3-6,10,13,15H,7-8H2,1-2H3. The summed E-state index contributed by atoms with van der Waals surface area (Å²) in [5, 5.41) is 17.6. The number of ether oxygens (including phenoxy) is 2. The molecule has 0 aliphatic rings. The van der Waals surface area contributed by atoms with Crippen molar-refractivity contribution in [3.05, 3.63) is 29.8 Å². The fourth-order valence-corrected chi connectivity index (χ4v) is 1.37. The zero-order valence-electron chi connectivity index (χ0n) is 10.1. The molecule has 92 valence electrons. The van der Waals surface area contributed by atoms with Gasteiger partial charge in [0.1, 0.15) is 5.75 Å². The molecule has 4 nitrogen and oxygen atoms in total. The van der Waals surface area contributed by atoms with Crippen molar-refractivity contribution < 1.29 is 14.6 Å². The molecule has 1 aromatic rings. The van der Waals surface area contributed by atoms with E-state index in [-0.39, 0.29) is 19.3 Å². The summed E-state index contributed by atoms with van der Waals surface area (Å²) in [6.07, 6.45) is -0.520. The van der Waals surface area contributed by atoms with Gasteiger partial charge in [-0.05, 0) is 31.5 Å². The number of nitrogens with zero attached hydrogens (tertiary/aromatic N) is 1. The van der Waals surface area contributed by atoms with Gasteiger partial charge >= 0.3 is 0 Å². The maximum absolute atomic E-state index is 8.93. The van der Waals surface area contributed by atoms with Crippen LogP contribution in [0.1, 0.15) is 25.5 Å². The van der Waals surface area contributed by atoms with Gasteiger partial charge in [-0.2, -0.15) is 5.26 Å². The predicted molar refractivity (Wildman–Crippen MR) is 63.6 cm³/mol. The molecule has 17 heavy (non-hydrogen) atoms. The normalized spacial score (nSPS) is 12.2. The molecule has 0 amide bonds. The van der Waals surface area contributed by atoms with Gasteiger partial charge in [-0.15, -0.1) is 0 Å². The summed E-state index contributed by atoms with van der Waals surface area (Å²) in [6, 6.07) is 9.24. The highest BCUT2D eigenvalue weighted by molar-refractivity contribution is 5.30. The molecule has 0 fully saturated rings. The van der Waals surface area contributed by atoms with E-state index >= 15 is 0 Å². The lowest BCUT2D eigenvalue weighted by Crippen LogP contribution is -2.07. The summed E-state index contributed by atoms with van der Waals surface area (Å²) in [6.45, 7) is 3.97. The highest BCUT2D eigenvalue weighted by Gasteiger charge is 2.10. The first-order valence-electron chi connectivity index (χ1n) is 5.56. The van der Waals surface area contributed by atoms with Gasteiger partial charge in [0.2, 0.25) is 0 Å². The lowest BCUT2D eigenvalue weighted by Gasteiger charge is -2.12. The van der Waals surface area contributed by atoms with Gasteiger partial charge < -0.3 is 14.6 Å². The molecule has 4 heteroatoms. The summed E-state index contributed by atoms with van der Waals surface area (Å²) in [7, 11) is 0. The number of aliphatic hydroxyl groups excluding tert-OH is 1. The smallest absolute Gasteiger partial charge is 0.169 e. The van der Waals surface area contributed by atoms with E-state index in [1.54, 1.807) is 12.1 Å². The Hall–Kier alpha value is -1.57. The summed E-state index contributed by atoms with van der Waals surface area (Å²) in [5.41, 5.74) is 0.761. The number of nitriles is 1. The number of benzene rings is 1. The van der Waals surface area contributed by atoms with E-state index in [1.165, 1.54) is 0 Å². The number of hydrogen-bond acceptors (Lipinski definition) is 4. The van der Waals surface area contributed by atoms with E-state index < -0.39 is 6.10 Å². The number of aliphatic hydroxyl groups is 1. The molecule has 1 aromatic carbocycles. The van der Waals surface area contributed by atoms with Crippen molar-refractivity contribution in [2.75, 3.05) is 13.2 Å². The van der Waals surface area contributed by atoms with Gasteiger partial charge in [-0.25, -0.2) is 0 Å². The Morgan fingerprint density at radius 1 is 1.29 bits per heavy atom. The van der Waals surface area contributed by atoms with Gasteiger partial charge in [0.05, 0.1) is 25.4 Å². The van der Waals surface area contributed by atoms with Crippen LogP contribution < -0.4 is 4.74 Å². The Bertz CT molecular complexity index is 367. The van der Waals surface area contributed by atoms with Crippen LogP contribution >= 0.6 is 0 Å². The summed E-state index contributed by atoms with van der Waals surface area (Å²) >= 11 is 0. The second-order valence-electron chi connectivity index (χ2n) is 3.84. The van der Waals surface area contributed by atoms with Crippen LogP contribution in [0.25, 0.3) is 0 Å². The maximum Gasteiger partial charge on any atom is 0.169 e. The van der Waals surface area contributed by atoms with Crippen molar-refractivity contribution >= 4 is 0 Å². The third kappa shape index (κ3) is 4.43. The van der Waals surface area contributed by atoms with Crippen LogP contribution in [0.15, 0.2) is 24.3 Å². The first-order valence-corrected chi connectivity index (χ1v) is 5.56. The van der Waals surface area contributed by atoms with E-state index in [4.69, 9.17) is 19.8 Å². The van der Waals surface area contributed by atoms with Crippen molar-refractivity contribution in [3.8, 4) is 11.8 Å². The van der Waals surface area contributed by atoms with Crippen molar-refractivity contribution in [2.45, 2.75) is 26.1 Å². The van der Waals surface area contributed by atoms with Gasteiger partial charge in [0.25, 0.3) is 0 Å². The third-order valence-electron chi connectivity index (χ3n) is 2.05. The Labute approximate surface area is 101 Å². The van der Waals surface area contributed by atoms with Crippen LogP contribution in [0.4, 0.5) is 0 Å². The zero-order valence-corrected chi connectivity index (χ0v) is 10.1. The molecule has 0 heterocycles. The first kappa shape index (κ1) is 13.5. The molecule has 1 rings (SSSR count). The summed E-state index contributed by atoms with van der Waals surface area (Å²) in [4.78, 5) is 0. The topological polar surface area (TPSA) is 62.5 Å². The zero-order chi connectivity index (χ0) is 12.7. The molecule has 0 aromatic heterocycles. The van der Waals surface area contributed by atoms with Crippen LogP contribution in [-0.4, -0.2) is 24.4 Å². The van der Waals surface area contributed by atoms with E-state index in [0.29, 0.717) is 0 Å². The molecular formula is C13H17NO3. The molecule has 0 bridgehead atoms. The fourth-order valence-electron chi connectivity index (χ4n) is 1.37. The molecule has 0 saturated heterocycles. The van der Waals surface area contributed by atoms with Crippen LogP contribution in [0.2, 0.25) is 0 Å². The second kappa shape index (κ2) is 6.89. The van der Waals surface area contributed by atoms with Crippen molar-refractivity contribution in [1.29, 1.82) is 5.26 Å². The molecule has 0 saturated carbocycles. The Morgan fingerprint density at radius 3 is 2.41 bits per heavy atom. The third-order valence-corrected chi connectivity index (χ3v) is 2.05. The highest BCUT2D eigenvalue weighted by atomic mass is 16.5. The highest BCUT2D eigenvalue weighted by Crippen LogP contribution is 2.20. The molecule has 0 spiro atoms. The summed E-state index contributed by atoms with van der Waals surface area (Å²) in [5.74, 6) is 0.766. The average Bonchev–Trinajstić information content (AvgIpc) is 2.31. The monoisotopic (exact) mass is 235 g/mol. The summed E-state index contributed by atoms with van der Waals surface area (Å²) < 4.78 is 10.7. The largest absolute Gasteiger partial charge is 0.491 e. The maximum atomic E-state index is 8.93. The van der Waals surface area contributed by atoms with Crippen LogP contribution in [0, 0.1) is 11.3 Å². The quantitative estimate of drug-likeness (QED) is 0.819. The van der Waals surface area contributed by atoms with Gasteiger partial charge in [-0.3, -0.25) is 0 Å². The molecule has 1 atom stereocenters. The van der Waals surface area contributed by atoms with E-state index in [9.17, 15) is 0 Å². The SMILES string of the molecule is CC(C)Oc1ccc(C(C#N)OCCO)cc1. The van der Waals surface area contributed by atoms with Crippen molar-refractivity contribution in [1.82, 2.24) is 0 Å². The molecule has 0 aliphatic heterocycles. The Morgan fingerprint density at radius 2 is 1.94 bits per heavy atom. The van der Waals surface area contributed by atoms with Crippen LogP contribution in [0.5, 0.6) is 5.75 Å². The van der Waals surface area contributed by atoms with Crippen molar-refractivity contribution in [2.24, 2.45) is 0 Å². The Kier molecular flexibility index (Phi) is 5.47. The van der Waals surface area contributed by atoms with Crippen LogP contribution in [0.3, 0.4) is 0 Å². The van der Waals surface area contributed by atoms with E-state index in [1.807, 2.05) is 32.0 Å². The molecule has 0 radical (unpaired) electrons. The van der Waals surface area contributed by atoms with Crippen molar-refractivity contribution in [3.63, 3.8) is 0 Å².